The number of carbonyl (C=O) groups is 1. The quantitative estimate of drug-likeness (QED) is 0.814. The Morgan fingerprint density at radius 3 is 2.38 bits per heavy atom. The van der Waals surface area contributed by atoms with Crippen LogP contribution in [0.25, 0.3) is 0 Å². The third-order valence-electron chi connectivity index (χ3n) is 3.44. The molecule has 0 aliphatic rings. The molecule has 0 heterocycles. The zero-order chi connectivity index (χ0) is 15.1. The van der Waals surface area contributed by atoms with E-state index < -0.39 is 0 Å². The summed E-state index contributed by atoms with van der Waals surface area (Å²) in [6.45, 7) is 3.67. The fourth-order valence-corrected chi connectivity index (χ4v) is 2.24. The highest BCUT2D eigenvalue weighted by atomic mass is 16.5. The first-order chi connectivity index (χ1) is 10.2. The average Bonchev–Trinajstić information content (AvgIpc) is 2.52. The first kappa shape index (κ1) is 15.3. The van der Waals surface area contributed by atoms with Crippen LogP contribution in [0.1, 0.15) is 21.5 Å². The Morgan fingerprint density at radius 1 is 1.05 bits per heavy atom. The largest absolute Gasteiger partial charge is 0.383 e. The van der Waals surface area contributed by atoms with Crippen molar-refractivity contribution in [1.29, 1.82) is 0 Å². The van der Waals surface area contributed by atoms with Crippen LogP contribution in [0.3, 0.4) is 0 Å². The van der Waals surface area contributed by atoms with Crippen molar-refractivity contribution < 1.29 is 9.53 Å². The summed E-state index contributed by atoms with van der Waals surface area (Å²) in [5.41, 5.74) is 2.87. The van der Waals surface area contributed by atoms with Crippen LogP contribution in [-0.4, -0.2) is 31.1 Å². The number of hydrogen-bond donors (Lipinski definition) is 0. The van der Waals surface area contributed by atoms with E-state index in [1.54, 1.807) is 7.11 Å². The second-order valence-corrected chi connectivity index (χ2v) is 5.02. The number of aryl methyl sites for hydroxylation is 1. The molecule has 0 bridgehead atoms. The van der Waals surface area contributed by atoms with Gasteiger partial charge in [-0.3, -0.25) is 4.79 Å². The molecular weight excluding hydrogens is 262 g/mol. The van der Waals surface area contributed by atoms with Gasteiger partial charge in [0.2, 0.25) is 0 Å². The summed E-state index contributed by atoms with van der Waals surface area (Å²) in [7, 11) is 1.65. The number of rotatable bonds is 6. The van der Waals surface area contributed by atoms with Crippen LogP contribution in [0, 0.1) is 6.92 Å². The molecule has 0 aliphatic carbocycles. The van der Waals surface area contributed by atoms with Crippen molar-refractivity contribution in [2.45, 2.75) is 13.5 Å². The minimum Gasteiger partial charge on any atom is -0.383 e. The van der Waals surface area contributed by atoms with Gasteiger partial charge < -0.3 is 9.64 Å². The zero-order valence-corrected chi connectivity index (χ0v) is 12.6. The number of nitrogens with zero attached hydrogens (tertiary/aromatic N) is 1. The second-order valence-electron chi connectivity index (χ2n) is 5.02. The van der Waals surface area contributed by atoms with Gasteiger partial charge in [-0.1, -0.05) is 48.5 Å². The third-order valence-corrected chi connectivity index (χ3v) is 3.44. The molecule has 2 aromatic carbocycles. The molecule has 0 radical (unpaired) electrons. The smallest absolute Gasteiger partial charge is 0.254 e. The topological polar surface area (TPSA) is 29.5 Å². The van der Waals surface area contributed by atoms with Gasteiger partial charge in [-0.2, -0.15) is 0 Å². The van der Waals surface area contributed by atoms with Crippen molar-refractivity contribution in [3.8, 4) is 0 Å². The molecule has 0 N–H and O–H groups in total. The molecule has 0 spiro atoms. The molecule has 3 nitrogen and oxygen atoms in total. The van der Waals surface area contributed by atoms with Gasteiger partial charge in [0.05, 0.1) is 6.61 Å². The van der Waals surface area contributed by atoms with E-state index in [1.807, 2.05) is 66.4 Å². The van der Waals surface area contributed by atoms with E-state index in [0.717, 1.165) is 16.7 Å². The maximum absolute atomic E-state index is 12.7. The van der Waals surface area contributed by atoms with Gasteiger partial charge in [-0.15, -0.1) is 0 Å². The lowest BCUT2D eigenvalue weighted by Gasteiger charge is -2.23. The van der Waals surface area contributed by atoms with Gasteiger partial charge in [0.25, 0.3) is 5.91 Å². The van der Waals surface area contributed by atoms with Crippen LogP contribution >= 0.6 is 0 Å². The third kappa shape index (κ3) is 4.17. The molecule has 0 saturated carbocycles. The molecule has 1 amide bonds. The first-order valence-electron chi connectivity index (χ1n) is 7.10. The number of methoxy groups -OCH3 is 1. The zero-order valence-electron chi connectivity index (χ0n) is 12.6. The molecule has 3 heteroatoms. The fourth-order valence-electron chi connectivity index (χ4n) is 2.24. The van der Waals surface area contributed by atoms with Crippen LogP contribution in [0.5, 0.6) is 0 Å². The molecule has 0 fully saturated rings. The van der Waals surface area contributed by atoms with E-state index in [9.17, 15) is 4.79 Å². The first-order valence-corrected chi connectivity index (χ1v) is 7.10. The molecule has 0 aliphatic heterocycles. The Hall–Kier alpha value is -2.13. The highest BCUT2D eigenvalue weighted by Gasteiger charge is 2.17. The molecule has 0 unspecified atom stereocenters. The van der Waals surface area contributed by atoms with Crippen molar-refractivity contribution in [2.75, 3.05) is 20.3 Å². The molecule has 0 saturated heterocycles. The Bertz CT molecular complexity index is 581. The van der Waals surface area contributed by atoms with Crippen molar-refractivity contribution in [3.63, 3.8) is 0 Å². The lowest BCUT2D eigenvalue weighted by atomic mass is 10.1. The second kappa shape index (κ2) is 7.60. The molecule has 2 rings (SSSR count). The van der Waals surface area contributed by atoms with Gasteiger partial charge in [0.15, 0.2) is 0 Å². The van der Waals surface area contributed by atoms with Gasteiger partial charge in [0.1, 0.15) is 0 Å². The Kier molecular flexibility index (Phi) is 5.52. The predicted molar refractivity (Wildman–Crippen MR) is 84.2 cm³/mol. The summed E-state index contributed by atoms with van der Waals surface area (Å²) in [4.78, 5) is 14.6. The van der Waals surface area contributed by atoms with Gasteiger partial charge in [0, 0.05) is 25.8 Å². The SMILES string of the molecule is COCCN(Cc1ccccc1)C(=O)c1ccccc1C. The Morgan fingerprint density at radius 2 is 1.71 bits per heavy atom. The normalized spacial score (nSPS) is 10.4. The van der Waals surface area contributed by atoms with Crippen molar-refractivity contribution in [3.05, 3.63) is 71.3 Å². The van der Waals surface area contributed by atoms with Crippen LogP contribution < -0.4 is 0 Å². The van der Waals surface area contributed by atoms with E-state index in [-0.39, 0.29) is 5.91 Å². The highest BCUT2D eigenvalue weighted by molar-refractivity contribution is 5.95. The van der Waals surface area contributed by atoms with Crippen molar-refractivity contribution >= 4 is 5.91 Å². The van der Waals surface area contributed by atoms with Crippen LogP contribution in [-0.2, 0) is 11.3 Å². The standard InChI is InChI=1S/C18H21NO2/c1-15-8-6-7-11-17(15)18(20)19(12-13-21-2)14-16-9-4-3-5-10-16/h3-11H,12-14H2,1-2H3. The molecule has 21 heavy (non-hydrogen) atoms. The van der Waals surface area contributed by atoms with Crippen LogP contribution in [0.2, 0.25) is 0 Å². The number of amides is 1. The fraction of sp³-hybridized carbons (Fsp3) is 0.278. The summed E-state index contributed by atoms with van der Waals surface area (Å²) in [5, 5.41) is 0. The minimum absolute atomic E-state index is 0.0500. The Labute approximate surface area is 126 Å². The number of carbonyl (C=O) groups excluding carboxylic acids is 1. The van der Waals surface area contributed by atoms with E-state index >= 15 is 0 Å². The molecule has 110 valence electrons. The minimum atomic E-state index is 0.0500. The van der Waals surface area contributed by atoms with Gasteiger partial charge >= 0.3 is 0 Å². The molecular formula is C18H21NO2. The Balaban J connectivity index is 2.19. The molecule has 0 atom stereocenters. The maximum atomic E-state index is 12.7. The van der Waals surface area contributed by atoms with E-state index in [2.05, 4.69) is 0 Å². The van der Waals surface area contributed by atoms with E-state index in [0.29, 0.717) is 19.7 Å². The van der Waals surface area contributed by atoms with E-state index in [4.69, 9.17) is 4.74 Å². The summed E-state index contributed by atoms with van der Waals surface area (Å²) in [6.07, 6.45) is 0. The summed E-state index contributed by atoms with van der Waals surface area (Å²) in [5.74, 6) is 0.0500. The maximum Gasteiger partial charge on any atom is 0.254 e. The lowest BCUT2D eigenvalue weighted by Crippen LogP contribution is -2.33. The number of hydrogen-bond acceptors (Lipinski definition) is 2. The summed E-state index contributed by atoms with van der Waals surface area (Å²) >= 11 is 0. The van der Waals surface area contributed by atoms with Gasteiger partial charge in [-0.25, -0.2) is 0 Å². The molecule has 2 aromatic rings. The van der Waals surface area contributed by atoms with Crippen molar-refractivity contribution in [2.24, 2.45) is 0 Å². The summed E-state index contributed by atoms with van der Waals surface area (Å²) < 4.78 is 5.13. The monoisotopic (exact) mass is 283 g/mol. The number of benzene rings is 2. The van der Waals surface area contributed by atoms with Crippen molar-refractivity contribution in [1.82, 2.24) is 4.90 Å². The average molecular weight is 283 g/mol. The van der Waals surface area contributed by atoms with E-state index in [1.165, 1.54) is 0 Å². The number of ether oxygens (including phenoxy) is 1. The summed E-state index contributed by atoms with van der Waals surface area (Å²) in [6, 6.07) is 17.7. The van der Waals surface area contributed by atoms with Gasteiger partial charge in [-0.05, 0) is 24.1 Å². The molecule has 0 aromatic heterocycles. The van der Waals surface area contributed by atoms with Crippen LogP contribution in [0.4, 0.5) is 0 Å². The predicted octanol–water partition coefficient (Wildman–Crippen LogP) is 3.28. The lowest BCUT2D eigenvalue weighted by molar-refractivity contribution is 0.0679. The van der Waals surface area contributed by atoms with Crippen LogP contribution in [0.15, 0.2) is 54.6 Å². The highest BCUT2D eigenvalue weighted by Crippen LogP contribution is 2.13.